The quantitative estimate of drug-likeness (QED) is 0.174. The number of aromatic nitrogens is 1. The molecule has 1 unspecified atom stereocenters. The van der Waals surface area contributed by atoms with Crippen molar-refractivity contribution in [1.29, 1.82) is 0 Å². The van der Waals surface area contributed by atoms with Crippen molar-refractivity contribution in [3.05, 3.63) is 57.2 Å². The number of carboxylic acid groups (broad SMARTS) is 1. The van der Waals surface area contributed by atoms with Gasteiger partial charge in [-0.2, -0.15) is 0 Å². The maximum absolute atomic E-state index is 13.7. The Morgan fingerprint density at radius 3 is 2.50 bits per heavy atom. The Bertz CT molecular complexity index is 1170. The number of aliphatic carboxylic acids is 1. The van der Waals surface area contributed by atoms with Crippen LogP contribution in [0.4, 0.5) is 0 Å². The van der Waals surface area contributed by atoms with Gasteiger partial charge in [-0.1, -0.05) is 73.2 Å². The molecule has 32 heavy (non-hydrogen) atoms. The second kappa shape index (κ2) is 11.1. The van der Waals surface area contributed by atoms with E-state index >= 15 is 0 Å². The zero-order valence-electron chi connectivity index (χ0n) is 19.4. The lowest BCUT2D eigenvalue weighted by Crippen LogP contribution is -2.19. The van der Waals surface area contributed by atoms with Crippen molar-refractivity contribution < 1.29 is 9.90 Å². The van der Waals surface area contributed by atoms with Gasteiger partial charge in [-0.05, 0) is 55.5 Å². The molecule has 0 radical (unpaired) electrons. The number of halogens is 1. The zero-order valence-corrected chi connectivity index (χ0v) is 21.0. The van der Waals surface area contributed by atoms with Gasteiger partial charge in [-0.15, -0.1) is 0 Å². The Labute approximate surface area is 198 Å². The number of hydrogen-bond acceptors (Lipinski definition) is 2. The number of pyridine rings is 1. The van der Waals surface area contributed by atoms with Crippen LogP contribution in [-0.4, -0.2) is 21.0 Å². The van der Waals surface area contributed by atoms with Crippen LogP contribution < -0.4 is 5.43 Å². The molecule has 0 fully saturated rings. The molecule has 0 bridgehead atoms. The van der Waals surface area contributed by atoms with Crippen molar-refractivity contribution in [2.75, 3.05) is 5.33 Å². The Kier molecular flexibility index (Phi) is 8.52. The highest BCUT2D eigenvalue weighted by Crippen LogP contribution is 2.32. The van der Waals surface area contributed by atoms with Crippen LogP contribution in [-0.2, 0) is 11.3 Å². The van der Waals surface area contributed by atoms with Gasteiger partial charge in [0, 0.05) is 17.3 Å². The lowest BCUT2D eigenvalue weighted by atomic mass is 9.89. The number of unbranched alkanes of at least 4 members (excludes halogenated alkanes) is 4. The summed E-state index contributed by atoms with van der Waals surface area (Å²) in [5, 5.41) is 12.2. The van der Waals surface area contributed by atoms with Gasteiger partial charge in [0.15, 0.2) is 5.43 Å². The molecule has 5 heteroatoms. The van der Waals surface area contributed by atoms with E-state index in [0.29, 0.717) is 22.8 Å². The summed E-state index contributed by atoms with van der Waals surface area (Å²) >= 11 is 3.53. The van der Waals surface area contributed by atoms with Gasteiger partial charge in [0.1, 0.15) is 0 Å². The monoisotopic (exact) mass is 499 g/mol. The Hall–Kier alpha value is -2.14. The highest BCUT2D eigenvalue weighted by Gasteiger charge is 2.25. The largest absolute Gasteiger partial charge is 0.481 e. The van der Waals surface area contributed by atoms with Crippen molar-refractivity contribution in [2.24, 2.45) is 0 Å². The fraction of sp³-hybridized carbons (Fsp3) is 0.481. The van der Waals surface area contributed by atoms with E-state index in [2.05, 4.69) is 41.3 Å². The first-order chi connectivity index (χ1) is 15.4. The molecule has 0 saturated carbocycles. The number of fused-ring (bicyclic) bond motifs is 2. The van der Waals surface area contributed by atoms with Gasteiger partial charge in [0.05, 0.1) is 22.3 Å². The summed E-state index contributed by atoms with van der Waals surface area (Å²) in [6.07, 6.45) is 6.83. The summed E-state index contributed by atoms with van der Waals surface area (Å²) in [5.74, 6) is -1.51. The standard InChI is InChI=1S/C27H34BrNO3/c1-4-5-6-7-8-11-21(27(31)32)20-12-9-13-23-24(20)26(30)22-15-14-18(2)19(3)25(22)29(23)17-10-16-28/h9,12-15,21H,4-8,10-11,16-17H2,1-3H3,(H,31,32). The summed E-state index contributed by atoms with van der Waals surface area (Å²) in [6, 6.07) is 9.62. The number of rotatable bonds is 11. The van der Waals surface area contributed by atoms with Crippen LogP contribution in [0.25, 0.3) is 21.8 Å². The van der Waals surface area contributed by atoms with Crippen LogP contribution in [0.5, 0.6) is 0 Å². The van der Waals surface area contributed by atoms with Crippen molar-refractivity contribution in [1.82, 2.24) is 4.57 Å². The average molecular weight is 500 g/mol. The smallest absolute Gasteiger partial charge is 0.310 e. The zero-order chi connectivity index (χ0) is 23.3. The molecule has 2 aromatic carbocycles. The number of carboxylic acids is 1. The van der Waals surface area contributed by atoms with Crippen LogP contribution in [0.2, 0.25) is 0 Å². The Balaban J connectivity index is 2.22. The maximum Gasteiger partial charge on any atom is 0.310 e. The molecule has 3 rings (SSSR count). The summed E-state index contributed by atoms with van der Waals surface area (Å²) in [6.45, 7) is 7.06. The van der Waals surface area contributed by atoms with Crippen LogP contribution in [0.1, 0.15) is 74.5 Å². The van der Waals surface area contributed by atoms with Crippen molar-refractivity contribution in [3.63, 3.8) is 0 Å². The van der Waals surface area contributed by atoms with Crippen LogP contribution in [0, 0.1) is 13.8 Å². The first-order valence-corrected chi connectivity index (χ1v) is 12.9. The van der Waals surface area contributed by atoms with Crippen LogP contribution in [0.15, 0.2) is 35.1 Å². The SMILES string of the molecule is CCCCCCCC(C(=O)O)c1cccc2c1c(=O)c1ccc(C)c(C)c1n2CCCBr. The van der Waals surface area contributed by atoms with Gasteiger partial charge >= 0.3 is 5.97 Å². The highest BCUT2D eigenvalue weighted by atomic mass is 79.9. The van der Waals surface area contributed by atoms with Crippen LogP contribution >= 0.6 is 15.9 Å². The van der Waals surface area contributed by atoms with E-state index < -0.39 is 11.9 Å². The van der Waals surface area contributed by atoms with Crippen molar-refractivity contribution in [3.8, 4) is 0 Å². The minimum Gasteiger partial charge on any atom is -0.481 e. The molecule has 4 nitrogen and oxygen atoms in total. The van der Waals surface area contributed by atoms with Gasteiger partial charge in [0.25, 0.3) is 0 Å². The molecule has 0 spiro atoms. The first-order valence-electron chi connectivity index (χ1n) is 11.8. The second-order valence-electron chi connectivity index (χ2n) is 8.76. The normalized spacial score (nSPS) is 12.5. The predicted molar refractivity (Wildman–Crippen MR) is 137 cm³/mol. The van der Waals surface area contributed by atoms with E-state index in [1.165, 1.54) is 6.42 Å². The lowest BCUT2D eigenvalue weighted by molar-refractivity contribution is -0.139. The molecule has 0 amide bonds. The summed E-state index contributed by atoms with van der Waals surface area (Å²) in [4.78, 5) is 26.0. The molecule has 0 aliphatic rings. The van der Waals surface area contributed by atoms with E-state index in [9.17, 15) is 14.7 Å². The minimum atomic E-state index is -0.848. The molecular weight excluding hydrogens is 466 g/mol. The fourth-order valence-electron chi connectivity index (χ4n) is 4.72. The number of hydrogen-bond donors (Lipinski definition) is 1. The molecular formula is C27H34BrNO3. The molecule has 1 atom stereocenters. The van der Waals surface area contributed by atoms with Crippen molar-refractivity contribution >= 4 is 43.7 Å². The van der Waals surface area contributed by atoms with Gasteiger partial charge in [-0.25, -0.2) is 0 Å². The fourth-order valence-corrected chi connectivity index (χ4v) is 4.97. The maximum atomic E-state index is 13.7. The van der Waals surface area contributed by atoms with Gasteiger partial charge in [-0.3, -0.25) is 9.59 Å². The summed E-state index contributed by atoms with van der Waals surface area (Å²) in [7, 11) is 0. The number of aryl methyl sites for hydroxylation is 3. The number of carbonyl (C=O) groups is 1. The van der Waals surface area contributed by atoms with E-state index in [1.807, 2.05) is 30.3 Å². The molecule has 1 N–H and O–H groups in total. The summed E-state index contributed by atoms with van der Waals surface area (Å²) in [5.41, 5.74) is 4.66. The third-order valence-corrected chi connectivity index (χ3v) is 7.15. The average Bonchev–Trinajstić information content (AvgIpc) is 2.78. The number of nitrogens with zero attached hydrogens (tertiary/aromatic N) is 1. The van der Waals surface area contributed by atoms with E-state index in [4.69, 9.17) is 0 Å². The predicted octanol–water partition coefficient (Wildman–Crippen LogP) is 7.09. The Morgan fingerprint density at radius 2 is 1.81 bits per heavy atom. The number of alkyl halides is 1. The van der Waals surface area contributed by atoms with E-state index in [-0.39, 0.29) is 5.43 Å². The van der Waals surface area contributed by atoms with Crippen molar-refractivity contribution in [2.45, 2.75) is 78.2 Å². The molecule has 1 heterocycles. The molecule has 1 aromatic heterocycles. The topological polar surface area (TPSA) is 59.3 Å². The lowest BCUT2D eigenvalue weighted by Gasteiger charge is -2.21. The van der Waals surface area contributed by atoms with Gasteiger partial charge in [0.2, 0.25) is 0 Å². The molecule has 0 saturated heterocycles. The van der Waals surface area contributed by atoms with E-state index in [1.54, 1.807) is 0 Å². The molecule has 3 aromatic rings. The summed E-state index contributed by atoms with van der Waals surface area (Å²) < 4.78 is 2.22. The second-order valence-corrected chi connectivity index (χ2v) is 9.56. The first kappa shape index (κ1) is 24.5. The van der Waals surface area contributed by atoms with Gasteiger partial charge < -0.3 is 9.67 Å². The number of benzene rings is 2. The third kappa shape index (κ3) is 4.93. The molecule has 0 aliphatic carbocycles. The molecule has 172 valence electrons. The molecule has 0 aliphatic heterocycles. The Morgan fingerprint density at radius 1 is 1.06 bits per heavy atom. The highest BCUT2D eigenvalue weighted by molar-refractivity contribution is 9.09. The third-order valence-electron chi connectivity index (χ3n) is 6.59. The van der Waals surface area contributed by atoms with E-state index in [0.717, 1.165) is 66.1 Å². The minimum absolute atomic E-state index is 0.0546. The van der Waals surface area contributed by atoms with Crippen LogP contribution in [0.3, 0.4) is 0 Å².